The lowest BCUT2D eigenvalue weighted by Gasteiger charge is -2.10. The summed E-state index contributed by atoms with van der Waals surface area (Å²) in [5, 5.41) is 6.27. The number of fused-ring (bicyclic) bond motifs is 1. The van der Waals surface area contributed by atoms with Gasteiger partial charge in [-0.1, -0.05) is 56.8 Å². The topological polar surface area (TPSA) is 27.8 Å². The monoisotopic (exact) mass is 402 g/mol. The highest BCUT2D eigenvalue weighted by molar-refractivity contribution is 9.10. The molecule has 0 spiro atoms. The standard InChI is InChI=1S/C15H10BrCl3N2/c16-9-3-12(18)15(13(19)4-9)21-7-8-6-20-14-5-10(17)1-2-11(8)14/h1-6,20-21H,7H2. The van der Waals surface area contributed by atoms with Crippen molar-refractivity contribution in [3.8, 4) is 0 Å². The number of halogens is 4. The highest BCUT2D eigenvalue weighted by atomic mass is 79.9. The first-order chi connectivity index (χ1) is 10.0. The van der Waals surface area contributed by atoms with Crippen molar-refractivity contribution in [2.75, 3.05) is 5.32 Å². The molecule has 0 aliphatic carbocycles. The van der Waals surface area contributed by atoms with E-state index in [1.165, 1.54) is 0 Å². The molecule has 0 saturated heterocycles. The molecular formula is C15H10BrCl3N2. The second kappa shape index (κ2) is 6.09. The molecule has 0 unspecified atom stereocenters. The molecule has 6 heteroatoms. The molecule has 108 valence electrons. The van der Waals surface area contributed by atoms with Crippen LogP contribution in [-0.2, 0) is 6.54 Å². The lowest BCUT2D eigenvalue weighted by atomic mass is 10.1. The molecular weight excluding hydrogens is 394 g/mol. The average molecular weight is 405 g/mol. The molecule has 3 rings (SSSR count). The minimum Gasteiger partial charge on any atom is -0.378 e. The fourth-order valence-corrected chi connectivity index (χ4v) is 3.71. The van der Waals surface area contributed by atoms with Crippen LogP contribution in [0.3, 0.4) is 0 Å². The van der Waals surface area contributed by atoms with E-state index < -0.39 is 0 Å². The van der Waals surface area contributed by atoms with E-state index in [1.54, 1.807) is 0 Å². The number of aromatic nitrogens is 1. The van der Waals surface area contributed by atoms with E-state index in [0.717, 1.165) is 26.6 Å². The van der Waals surface area contributed by atoms with E-state index in [4.69, 9.17) is 34.8 Å². The predicted octanol–water partition coefficient (Wildman–Crippen LogP) is 6.50. The first-order valence-corrected chi connectivity index (χ1v) is 8.11. The first kappa shape index (κ1) is 15.0. The number of anilines is 1. The quantitative estimate of drug-likeness (QED) is 0.512. The SMILES string of the molecule is Clc1ccc2c(CNc3c(Cl)cc(Br)cc3Cl)c[nH]c2c1. The summed E-state index contributed by atoms with van der Waals surface area (Å²) in [5.41, 5.74) is 2.86. The molecule has 21 heavy (non-hydrogen) atoms. The fourth-order valence-electron chi connectivity index (χ4n) is 2.20. The zero-order chi connectivity index (χ0) is 15.0. The summed E-state index contributed by atoms with van der Waals surface area (Å²) < 4.78 is 0.852. The Balaban J connectivity index is 1.87. The van der Waals surface area contributed by atoms with Gasteiger partial charge in [0.1, 0.15) is 0 Å². The van der Waals surface area contributed by atoms with Crippen LogP contribution in [0, 0.1) is 0 Å². The van der Waals surface area contributed by atoms with Crippen molar-refractivity contribution in [2.45, 2.75) is 6.54 Å². The summed E-state index contributed by atoms with van der Waals surface area (Å²) >= 11 is 21.8. The summed E-state index contributed by atoms with van der Waals surface area (Å²) in [7, 11) is 0. The maximum Gasteiger partial charge on any atom is 0.0722 e. The molecule has 3 aromatic rings. The molecule has 2 nitrogen and oxygen atoms in total. The van der Waals surface area contributed by atoms with Crippen LogP contribution in [0.1, 0.15) is 5.56 Å². The third-order valence-electron chi connectivity index (χ3n) is 3.19. The number of benzene rings is 2. The van der Waals surface area contributed by atoms with Crippen LogP contribution < -0.4 is 5.32 Å². The average Bonchev–Trinajstić information content (AvgIpc) is 2.79. The van der Waals surface area contributed by atoms with Crippen LogP contribution >= 0.6 is 50.7 Å². The second-order valence-electron chi connectivity index (χ2n) is 4.60. The van der Waals surface area contributed by atoms with Crippen LogP contribution in [0.25, 0.3) is 10.9 Å². The molecule has 1 aromatic heterocycles. The van der Waals surface area contributed by atoms with E-state index in [-0.39, 0.29) is 0 Å². The van der Waals surface area contributed by atoms with Crippen molar-refractivity contribution in [3.63, 3.8) is 0 Å². The molecule has 0 radical (unpaired) electrons. The summed E-state index contributed by atoms with van der Waals surface area (Å²) in [6.45, 7) is 0.614. The van der Waals surface area contributed by atoms with Crippen molar-refractivity contribution < 1.29 is 0 Å². The molecule has 0 atom stereocenters. The van der Waals surface area contributed by atoms with Crippen molar-refractivity contribution in [2.24, 2.45) is 0 Å². The number of aromatic amines is 1. The van der Waals surface area contributed by atoms with Crippen LogP contribution in [0.4, 0.5) is 5.69 Å². The van der Waals surface area contributed by atoms with Gasteiger partial charge in [0.05, 0.1) is 15.7 Å². The normalized spacial score (nSPS) is 11.0. The van der Waals surface area contributed by atoms with Crippen molar-refractivity contribution >= 4 is 67.3 Å². The highest BCUT2D eigenvalue weighted by Crippen LogP contribution is 2.34. The summed E-state index contributed by atoms with van der Waals surface area (Å²) in [4.78, 5) is 3.21. The van der Waals surface area contributed by atoms with Gasteiger partial charge in [-0.15, -0.1) is 0 Å². The third kappa shape index (κ3) is 3.16. The summed E-state index contributed by atoms with van der Waals surface area (Å²) in [6, 6.07) is 9.40. The molecule has 2 aromatic carbocycles. The molecule has 1 heterocycles. The summed E-state index contributed by atoms with van der Waals surface area (Å²) in [5.74, 6) is 0. The van der Waals surface area contributed by atoms with Gasteiger partial charge in [0.25, 0.3) is 0 Å². The largest absolute Gasteiger partial charge is 0.378 e. The van der Waals surface area contributed by atoms with Gasteiger partial charge >= 0.3 is 0 Å². The smallest absolute Gasteiger partial charge is 0.0722 e. The minimum atomic E-state index is 0.581. The van der Waals surface area contributed by atoms with Crippen molar-refractivity contribution in [1.82, 2.24) is 4.98 Å². The fraction of sp³-hybridized carbons (Fsp3) is 0.0667. The van der Waals surface area contributed by atoms with E-state index in [0.29, 0.717) is 21.6 Å². The van der Waals surface area contributed by atoms with E-state index in [1.807, 2.05) is 36.5 Å². The Hall–Kier alpha value is -0.870. The van der Waals surface area contributed by atoms with Gasteiger partial charge in [-0.3, -0.25) is 0 Å². The van der Waals surface area contributed by atoms with Crippen LogP contribution in [0.5, 0.6) is 0 Å². The maximum absolute atomic E-state index is 6.21. The van der Waals surface area contributed by atoms with Gasteiger partial charge in [-0.25, -0.2) is 0 Å². The number of hydrogen-bond donors (Lipinski definition) is 2. The Kier molecular flexibility index (Phi) is 4.36. The van der Waals surface area contributed by atoms with Crippen molar-refractivity contribution in [1.29, 1.82) is 0 Å². The Bertz CT molecular complexity index is 791. The molecule has 0 aliphatic rings. The van der Waals surface area contributed by atoms with Gasteiger partial charge in [0, 0.05) is 33.1 Å². The zero-order valence-electron chi connectivity index (χ0n) is 10.7. The van der Waals surface area contributed by atoms with Crippen molar-refractivity contribution in [3.05, 3.63) is 61.6 Å². The number of H-pyrrole nitrogens is 1. The van der Waals surface area contributed by atoms with Gasteiger partial charge in [0.15, 0.2) is 0 Å². The maximum atomic E-state index is 6.21. The number of hydrogen-bond acceptors (Lipinski definition) is 1. The number of rotatable bonds is 3. The van der Waals surface area contributed by atoms with Gasteiger partial charge < -0.3 is 10.3 Å². The van der Waals surface area contributed by atoms with E-state index in [9.17, 15) is 0 Å². The first-order valence-electron chi connectivity index (χ1n) is 6.18. The predicted molar refractivity (Wildman–Crippen MR) is 94.8 cm³/mol. The lowest BCUT2D eigenvalue weighted by molar-refractivity contribution is 1.16. The van der Waals surface area contributed by atoms with Crippen LogP contribution in [-0.4, -0.2) is 4.98 Å². The van der Waals surface area contributed by atoms with Crippen LogP contribution in [0.2, 0.25) is 15.1 Å². The van der Waals surface area contributed by atoms with E-state index >= 15 is 0 Å². The molecule has 2 N–H and O–H groups in total. The Morgan fingerprint density at radius 1 is 1.05 bits per heavy atom. The molecule has 0 bridgehead atoms. The molecule has 0 aliphatic heterocycles. The third-order valence-corrected chi connectivity index (χ3v) is 4.48. The minimum absolute atomic E-state index is 0.581. The Morgan fingerprint density at radius 3 is 2.48 bits per heavy atom. The van der Waals surface area contributed by atoms with Gasteiger partial charge in [-0.05, 0) is 29.8 Å². The highest BCUT2D eigenvalue weighted by Gasteiger charge is 2.09. The molecule has 0 saturated carbocycles. The van der Waals surface area contributed by atoms with Crippen LogP contribution in [0.15, 0.2) is 41.0 Å². The zero-order valence-corrected chi connectivity index (χ0v) is 14.5. The lowest BCUT2D eigenvalue weighted by Crippen LogP contribution is -2.00. The van der Waals surface area contributed by atoms with Gasteiger partial charge in [-0.2, -0.15) is 0 Å². The molecule has 0 amide bonds. The Labute approximate surface area is 145 Å². The Morgan fingerprint density at radius 2 is 1.76 bits per heavy atom. The number of nitrogens with one attached hydrogen (secondary N) is 2. The second-order valence-corrected chi connectivity index (χ2v) is 6.77. The van der Waals surface area contributed by atoms with E-state index in [2.05, 4.69) is 26.2 Å². The summed E-state index contributed by atoms with van der Waals surface area (Å²) in [6.07, 6.45) is 1.95. The molecule has 0 fully saturated rings. The van der Waals surface area contributed by atoms with Gasteiger partial charge in [0.2, 0.25) is 0 Å².